The molecule has 2 aromatic carbocycles. The van der Waals surface area contributed by atoms with E-state index in [0.29, 0.717) is 6.54 Å². The number of hydrogen-bond donors (Lipinski definition) is 3. The first-order valence-corrected chi connectivity index (χ1v) is 9.83. The maximum absolute atomic E-state index is 4.33. The minimum atomic E-state index is 0. The first-order chi connectivity index (χ1) is 14.2. The minimum Gasteiger partial charge on any atom is -0.361 e. The molecule has 0 aliphatic heterocycles. The highest BCUT2D eigenvalue weighted by Crippen LogP contribution is 2.19. The van der Waals surface area contributed by atoms with Crippen molar-refractivity contribution in [2.24, 2.45) is 4.99 Å². The van der Waals surface area contributed by atoms with Crippen LogP contribution in [0, 0.1) is 6.92 Å². The predicted molar refractivity (Wildman–Crippen MR) is 134 cm³/mol. The summed E-state index contributed by atoms with van der Waals surface area (Å²) in [6.07, 6.45) is 6.75. The molecule has 156 valence electrons. The zero-order valence-electron chi connectivity index (χ0n) is 17.2. The lowest BCUT2D eigenvalue weighted by Gasteiger charge is -2.12. The SMILES string of the molecule is CN=C(NCCc1c[nH]c2cc(C)ccc12)NCc1ccc(-n2cccn2)cc1.I. The molecule has 0 saturated heterocycles. The van der Waals surface area contributed by atoms with E-state index in [-0.39, 0.29) is 24.0 Å². The molecule has 7 heteroatoms. The molecule has 0 amide bonds. The Morgan fingerprint density at radius 1 is 1.13 bits per heavy atom. The average Bonchev–Trinajstić information content (AvgIpc) is 3.41. The van der Waals surface area contributed by atoms with Gasteiger partial charge in [0.15, 0.2) is 5.96 Å². The molecule has 6 nitrogen and oxygen atoms in total. The zero-order chi connectivity index (χ0) is 20.1. The van der Waals surface area contributed by atoms with Gasteiger partial charge in [-0.3, -0.25) is 4.99 Å². The van der Waals surface area contributed by atoms with E-state index < -0.39 is 0 Å². The Bertz CT molecular complexity index is 1100. The van der Waals surface area contributed by atoms with Gasteiger partial charge < -0.3 is 15.6 Å². The first kappa shape index (κ1) is 21.9. The first-order valence-electron chi connectivity index (χ1n) is 9.83. The summed E-state index contributed by atoms with van der Waals surface area (Å²) in [6, 6.07) is 16.8. The molecule has 0 bridgehead atoms. The van der Waals surface area contributed by atoms with Gasteiger partial charge in [-0.2, -0.15) is 5.10 Å². The predicted octanol–water partition coefficient (Wildman–Crippen LogP) is 4.19. The lowest BCUT2D eigenvalue weighted by molar-refractivity contribution is 0.795. The third-order valence-electron chi connectivity index (χ3n) is 5.00. The Morgan fingerprint density at radius 3 is 2.70 bits per heavy atom. The monoisotopic (exact) mass is 514 g/mol. The third kappa shape index (κ3) is 5.21. The molecule has 3 N–H and O–H groups in total. The number of hydrogen-bond acceptors (Lipinski definition) is 2. The molecule has 0 unspecified atom stereocenters. The molecule has 0 fully saturated rings. The third-order valence-corrected chi connectivity index (χ3v) is 5.00. The van der Waals surface area contributed by atoms with E-state index >= 15 is 0 Å². The van der Waals surface area contributed by atoms with Crippen molar-refractivity contribution in [2.45, 2.75) is 19.9 Å². The van der Waals surface area contributed by atoms with Crippen molar-refractivity contribution in [3.63, 3.8) is 0 Å². The number of H-pyrrole nitrogens is 1. The Morgan fingerprint density at radius 2 is 1.97 bits per heavy atom. The maximum atomic E-state index is 4.33. The van der Waals surface area contributed by atoms with E-state index in [4.69, 9.17) is 0 Å². The fraction of sp³-hybridized carbons (Fsp3) is 0.217. The van der Waals surface area contributed by atoms with Gasteiger partial charge >= 0.3 is 0 Å². The van der Waals surface area contributed by atoms with Gasteiger partial charge in [-0.05, 0) is 54.3 Å². The van der Waals surface area contributed by atoms with Crippen LogP contribution in [0.4, 0.5) is 0 Å². The van der Waals surface area contributed by atoms with Gasteiger partial charge in [0.2, 0.25) is 0 Å². The van der Waals surface area contributed by atoms with Gasteiger partial charge in [0, 0.05) is 49.6 Å². The fourth-order valence-corrected chi connectivity index (χ4v) is 3.42. The number of aromatic nitrogens is 3. The van der Waals surface area contributed by atoms with Crippen LogP contribution in [-0.4, -0.2) is 34.3 Å². The molecule has 2 heterocycles. The Kier molecular flexibility index (Phi) is 7.51. The number of nitrogens with zero attached hydrogens (tertiary/aromatic N) is 3. The van der Waals surface area contributed by atoms with Crippen LogP contribution < -0.4 is 10.6 Å². The van der Waals surface area contributed by atoms with Crippen LogP contribution in [0.1, 0.15) is 16.7 Å². The summed E-state index contributed by atoms with van der Waals surface area (Å²) in [7, 11) is 1.80. The highest BCUT2D eigenvalue weighted by atomic mass is 127. The maximum Gasteiger partial charge on any atom is 0.191 e. The second-order valence-electron chi connectivity index (χ2n) is 7.08. The van der Waals surface area contributed by atoms with Gasteiger partial charge in [-0.15, -0.1) is 24.0 Å². The molecule has 0 spiro atoms. The van der Waals surface area contributed by atoms with Crippen LogP contribution in [0.15, 0.2) is 72.1 Å². The van der Waals surface area contributed by atoms with Crippen molar-refractivity contribution in [2.75, 3.05) is 13.6 Å². The minimum absolute atomic E-state index is 0. The van der Waals surface area contributed by atoms with Crippen molar-refractivity contribution < 1.29 is 0 Å². The van der Waals surface area contributed by atoms with Gasteiger partial charge in [-0.1, -0.05) is 24.3 Å². The van der Waals surface area contributed by atoms with E-state index in [9.17, 15) is 0 Å². The highest BCUT2D eigenvalue weighted by molar-refractivity contribution is 14.0. The molecule has 30 heavy (non-hydrogen) atoms. The summed E-state index contributed by atoms with van der Waals surface area (Å²) in [6.45, 7) is 3.65. The second-order valence-corrected chi connectivity index (χ2v) is 7.08. The largest absolute Gasteiger partial charge is 0.361 e. The average molecular weight is 514 g/mol. The number of halogens is 1. The van der Waals surface area contributed by atoms with Crippen molar-refractivity contribution in [1.29, 1.82) is 0 Å². The Labute approximate surface area is 193 Å². The van der Waals surface area contributed by atoms with E-state index in [1.807, 2.05) is 16.9 Å². The van der Waals surface area contributed by atoms with Crippen LogP contribution in [-0.2, 0) is 13.0 Å². The van der Waals surface area contributed by atoms with Crippen LogP contribution in [0.5, 0.6) is 0 Å². The Hall–Kier alpha value is -2.81. The molecule has 0 atom stereocenters. The number of nitrogens with one attached hydrogen (secondary N) is 3. The molecule has 0 radical (unpaired) electrons. The van der Waals surface area contributed by atoms with E-state index in [1.165, 1.54) is 27.6 Å². The van der Waals surface area contributed by atoms with Gasteiger partial charge in [0.05, 0.1) is 5.69 Å². The molecule has 0 aliphatic rings. The summed E-state index contributed by atoms with van der Waals surface area (Å²) >= 11 is 0. The van der Waals surface area contributed by atoms with Crippen LogP contribution >= 0.6 is 24.0 Å². The van der Waals surface area contributed by atoms with Crippen LogP contribution in [0.3, 0.4) is 0 Å². The zero-order valence-corrected chi connectivity index (χ0v) is 19.6. The molecule has 0 aliphatic carbocycles. The summed E-state index contributed by atoms with van der Waals surface area (Å²) in [5.41, 5.74) is 6.02. The smallest absolute Gasteiger partial charge is 0.191 e. The van der Waals surface area contributed by atoms with E-state index in [2.05, 4.69) is 81.3 Å². The number of rotatable bonds is 6. The van der Waals surface area contributed by atoms with Crippen molar-refractivity contribution in [3.05, 3.63) is 83.8 Å². The number of aromatic amines is 1. The molecule has 4 aromatic rings. The van der Waals surface area contributed by atoms with Crippen molar-refractivity contribution in [1.82, 2.24) is 25.4 Å². The summed E-state index contributed by atoms with van der Waals surface area (Å²) in [4.78, 5) is 7.69. The van der Waals surface area contributed by atoms with Gasteiger partial charge in [0.1, 0.15) is 0 Å². The highest BCUT2D eigenvalue weighted by Gasteiger charge is 2.05. The summed E-state index contributed by atoms with van der Waals surface area (Å²) < 4.78 is 1.85. The number of guanidine groups is 1. The van der Waals surface area contributed by atoms with Gasteiger partial charge in [-0.25, -0.2) is 4.68 Å². The summed E-state index contributed by atoms with van der Waals surface area (Å²) in [5, 5.41) is 12.3. The lowest BCUT2D eigenvalue weighted by atomic mass is 10.1. The number of aliphatic imine (C=N–C) groups is 1. The van der Waals surface area contributed by atoms with Crippen molar-refractivity contribution >= 4 is 40.8 Å². The number of benzene rings is 2. The van der Waals surface area contributed by atoms with Crippen LogP contribution in [0.2, 0.25) is 0 Å². The van der Waals surface area contributed by atoms with E-state index in [1.54, 1.807) is 13.2 Å². The van der Waals surface area contributed by atoms with Crippen molar-refractivity contribution in [3.8, 4) is 5.69 Å². The Balaban J connectivity index is 0.00000256. The van der Waals surface area contributed by atoms with Crippen LogP contribution in [0.25, 0.3) is 16.6 Å². The fourth-order valence-electron chi connectivity index (χ4n) is 3.42. The molecular formula is C23H27IN6. The lowest BCUT2D eigenvalue weighted by Crippen LogP contribution is -2.37. The number of fused-ring (bicyclic) bond motifs is 1. The molecular weight excluding hydrogens is 487 g/mol. The molecule has 0 saturated carbocycles. The summed E-state index contributed by atoms with van der Waals surface area (Å²) in [5.74, 6) is 0.803. The molecule has 4 rings (SSSR count). The quantitative estimate of drug-likeness (QED) is 0.205. The van der Waals surface area contributed by atoms with Gasteiger partial charge in [0.25, 0.3) is 0 Å². The van der Waals surface area contributed by atoms with E-state index in [0.717, 1.165) is 24.6 Å². The second kappa shape index (κ2) is 10.3. The standard InChI is InChI=1S/C23H26N6.HI/c1-17-4-9-21-19(16-26-22(21)14-17)10-12-25-23(24-2)27-15-18-5-7-20(8-6-18)29-13-3-11-28-29;/h3-9,11,13-14,16,26H,10,12,15H2,1-2H3,(H2,24,25,27);1H. The topological polar surface area (TPSA) is 70.0 Å². The molecule has 2 aromatic heterocycles. The normalized spacial score (nSPS) is 11.3. The number of aryl methyl sites for hydroxylation is 1.